The molecule has 0 radical (unpaired) electrons. The summed E-state index contributed by atoms with van der Waals surface area (Å²) in [5.41, 5.74) is 0.941. The van der Waals surface area contributed by atoms with Crippen LogP contribution in [0.15, 0.2) is 24.3 Å². The van der Waals surface area contributed by atoms with Gasteiger partial charge < -0.3 is 14.7 Å². The van der Waals surface area contributed by atoms with Crippen LogP contribution >= 0.6 is 0 Å². The van der Waals surface area contributed by atoms with E-state index in [1.54, 1.807) is 7.11 Å². The molecule has 98 valence electrons. The second-order valence-corrected chi connectivity index (χ2v) is 3.83. The third-order valence-corrected chi connectivity index (χ3v) is 2.57. The smallest absolute Gasteiger partial charge is 0.312 e. The molecule has 1 aromatic carbocycles. The van der Waals surface area contributed by atoms with Crippen LogP contribution in [0, 0.1) is 0 Å². The van der Waals surface area contributed by atoms with Crippen molar-refractivity contribution in [2.45, 2.75) is 19.9 Å². The Bertz CT molecular complexity index is 414. The fraction of sp³-hybridized carbons (Fsp3) is 0.385. The van der Waals surface area contributed by atoms with Crippen LogP contribution in [-0.2, 0) is 16.1 Å². The molecule has 0 fully saturated rings. The summed E-state index contributed by atoms with van der Waals surface area (Å²) in [5, 5.41) is 8.60. The van der Waals surface area contributed by atoms with Crippen molar-refractivity contribution in [3.63, 3.8) is 0 Å². The number of methoxy groups -OCH3 is 1. The zero-order valence-electron chi connectivity index (χ0n) is 10.5. The van der Waals surface area contributed by atoms with Crippen molar-refractivity contribution < 1.29 is 19.4 Å². The molecule has 1 amide bonds. The first-order chi connectivity index (χ1) is 8.56. The van der Waals surface area contributed by atoms with E-state index in [-0.39, 0.29) is 5.91 Å². The van der Waals surface area contributed by atoms with Crippen LogP contribution in [-0.4, -0.2) is 35.5 Å². The highest BCUT2D eigenvalue weighted by molar-refractivity contribution is 5.93. The zero-order valence-corrected chi connectivity index (χ0v) is 10.5. The molecule has 0 unspecified atom stereocenters. The quantitative estimate of drug-likeness (QED) is 0.778. The fourth-order valence-corrected chi connectivity index (χ4v) is 1.57. The van der Waals surface area contributed by atoms with Crippen molar-refractivity contribution in [2.75, 3.05) is 13.7 Å². The van der Waals surface area contributed by atoms with Crippen LogP contribution in [0.1, 0.15) is 18.9 Å². The van der Waals surface area contributed by atoms with Crippen LogP contribution < -0.4 is 4.74 Å². The van der Waals surface area contributed by atoms with E-state index < -0.39 is 12.4 Å². The van der Waals surface area contributed by atoms with Gasteiger partial charge in [0.15, 0.2) is 0 Å². The lowest BCUT2D eigenvalue weighted by atomic mass is 10.2. The van der Waals surface area contributed by atoms with Crippen molar-refractivity contribution in [3.8, 4) is 5.75 Å². The van der Waals surface area contributed by atoms with Gasteiger partial charge in [-0.05, 0) is 24.6 Å². The standard InChI is InChI=1S/C13H17NO4/c1-3-14(12(15)8-13(16)17)9-10-4-6-11(18-2)7-5-10/h4-7H,3,8-9H2,1-2H3,(H,16,17). The van der Waals surface area contributed by atoms with Crippen molar-refractivity contribution in [2.24, 2.45) is 0 Å². The maximum atomic E-state index is 11.6. The fourth-order valence-electron chi connectivity index (χ4n) is 1.57. The van der Waals surface area contributed by atoms with Crippen LogP contribution in [0.4, 0.5) is 0 Å². The number of carboxylic acids is 1. The van der Waals surface area contributed by atoms with Gasteiger partial charge in [0.2, 0.25) is 5.91 Å². The van der Waals surface area contributed by atoms with Crippen molar-refractivity contribution in [1.82, 2.24) is 4.90 Å². The van der Waals surface area contributed by atoms with Crippen LogP contribution in [0.25, 0.3) is 0 Å². The van der Waals surface area contributed by atoms with E-state index in [0.717, 1.165) is 11.3 Å². The van der Waals surface area contributed by atoms with Crippen molar-refractivity contribution in [3.05, 3.63) is 29.8 Å². The van der Waals surface area contributed by atoms with E-state index in [4.69, 9.17) is 9.84 Å². The maximum Gasteiger partial charge on any atom is 0.312 e. The lowest BCUT2D eigenvalue weighted by Gasteiger charge is -2.20. The summed E-state index contributed by atoms with van der Waals surface area (Å²) in [6.07, 6.45) is -0.468. The number of rotatable bonds is 6. The summed E-state index contributed by atoms with van der Waals surface area (Å²) in [6, 6.07) is 7.33. The molecule has 0 aliphatic carbocycles. The Labute approximate surface area is 106 Å². The van der Waals surface area contributed by atoms with Gasteiger partial charge in [0.05, 0.1) is 7.11 Å². The second kappa shape index (κ2) is 6.64. The van der Waals surface area contributed by atoms with Gasteiger partial charge in [-0.2, -0.15) is 0 Å². The third kappa shape index (κ3) is 4.08. The van der Waals surface area contributed by atoms with Gasteiger partial charge in [-0.3, -0.25) is 9.59 Å². The lowest BCUT2D eigenvalue weighted by Crippen LogP contribution is -2.31. The molecule has 0 heterocycles. The predicted octanol–water partition coefficient (Wildman–Crippen LogP) is 1.52. The monoisotopic (exact) mass is 251 g/mol. The van der Waals surface area contributed by atoms with Crippen molar-refractivity contribution >= 4 is 11.9 Å². The van der Waals surface area contributed by atoms with Crippen LogP contribution in [0.5, 0.6) is 5.75 Å². The van der Waals surface area contributed by atoms with E-state index in [9.17, 15) is 9.59 Å². The largest absolute Gasteiger partial charge is 0.497 e. The lowest BCUT2D eigenvalue weighted by molar-refractivity contribution is -0.144. The van der Waals surface area contributed by atoms with E-state index >= 15 is 0 Å². The summed E-state index contributed by atoms with van der Waals surface area (Å²) in [7, 11) is 1.59. The van der Waals surface area contributed by atoms with E-state index in [1.807, 2.05) is 31.2 Å². The number of hydrogen-bond donors (Lipinski definition) is 1. The minimum atomic E-state index is -1.10. The first-order valence-electron chi connectivity index (χ1n) is 5.69. The van der Waals surface area contributed by atoms with Crippen LogP contribution in [0.2, 0.25) is 0 Å². The molecule has 0 bridgehead atoms. The number of carbonyl (C=O) groups excluding carboxylic acids is 1. The molecule has 1 N–H and O–H groups in total. The van der Waals surface area contributed by atoms with E-state index in [2.05, 4.69) is 0 Å². The molecule has 18 heavy (non-hydrogen) atoms. The van der Waals surface area contributed by atoms with E-state index in [1.165, 1.54) is 4.90 Å². The summed E-state index contributed by atoms with van der Waals surface area (Å²) in [4.78, 5) is 23.6. The van der Waals surface area contributed by atoms with Gasteiger partial charge >= 0.3 is 5.97 Å². The van der Waals surface area contributed by atoms with Gasteiger partial charge in [0.25, 0.3) is 0 Å². The van der Waals surface area contributed by atoms with Gasteiger partial charge in [-0.25, -0.2) is 0 Å². The third-order valence-electron chi connectivity index (χ3n) is 2.57. The topological polar surface area (TPSA) is 66.8 Å². The van der Waals surface area contributed by atoms with Crippen LogP contribution in [0.3, 0.4) is 0 Å². The molecule has 0 saturated heterocycles. The van der Waals surface area contributed by atoms with Gasteiger partial charge in [0.1, 0.15) is 12.2 Å². The minimum absolute atomic E-state index is 0.374. The van der Waals surface area contributed by atoms with E-state index in [0.29, 0.717) is 13.1 Å². The molecule has 1 rings (SSSR count). The Balaban J connectivity index is 2.66. The highest BCUT2D eigenvalue weighted by Crippen LogP contribution is 2.13. The number of carbonyl (C=O) groups is 2. The molecular weight excluding hydrogens is 234 g/mol. The normalized spacial score (nSPS) is 9.89. The summed E-state index contributed by atoms with van der Waals surface area (Å²) in [5.74, 6) is -0.729. The number of benzene rings is 1. The van der Waals surface area contributed by atoms with Gasteiger partial charge in [-0.15, -0.1) is 0 Å². The number of carboxylic acid groups (broad SMARTS) is 1. The summed E-state index contributed by atoms with van der Waals surface area (Å²) >= 11 is 0. The number of ether oxygens (including phenoxy) is 1. The Kier molecular flexibility index (Phi) is 5.17. The second-order valence-electron chi connectivity index (χ2n) is 3.83. The van der Waals surface area contributed by atoms with Gasteiger partial charge in [0, 0.05) is 13.1 Å². The number of hydrogen-bond acceptors (Lipinski definition) is 3. The Morgan fingerprint density at radius 2 is 1.89 bits per heavy atom. The van der Waals surface area contributed by atoms with Gasteiger partial charge in [-0.1, -0.05) is 12.1 Å². The molecule has 0 aliphatic rings. The number of amides is 1. The average molecular weight is 251 g/mol. The molecule has 0 saturated carbocycles. The Hall–Kier alpha value is -2.04. The Morgan fingerprint density at radius 3 is 2.33 bits per heavy atom. The van der Waals surface area contributed by atoms with Crippen molar-refractivity contribution in [1.29, 1.82) is 0 Å². The molecular formula is C13H17NO4. The molecule has 0 spiro atoms. The average Bonchev–Trinajstić information content (AvgIpc) is 2.35. The summed E-state index contributed by atoms with van der Waals surface area (Å²) < 4.78 is 5.04. The number of nitrogens with zero attached hydrogens (tertiary/aromatic N) is 1. The molecule has 0 aliphatic heterocycles. The SMILES string of the molecule is CCN(Cc1ccc(OC)cc1)C(=O)CC(=O)O. The predicted molar refractivity (Wildman–Crippen MR) is 66.3 cm³/mol. The first kappa shape index (κ1) is 14.0. The first-order valence-corrected chi connectivity index (χ1v) is 5.69. The molecule has 1 aromatic rings. The molecule has 5 nitrogen and oxygen atoms in total. The minimum Gasteiger partial charge on any atom is -0.497 e. The molecule has 0 atom stereocenters. The maximum absolute atomic E-state index is 11.6. The zero-order chi connectivity index (χ0) is 13.5. The summed E-state index contributed by atoms with van der Waals surface area (Å²) in [6.45, 7) is 2.72. The molecule has 5 heteroatoms. The number of aliphatic carboxylic acids is 1. The molecule has 0 aromatic heterocycles. The highest BCUT2D eigenvalue weighted by Gasteiger charge is 2.15. The highest BCUT2D eigenvalue weighted by atomic mass is 16.5. The Morgan fingerprint density at radius 1 is 1.28 bits per heavy atom.